The number of hydrogen-bond acceptors (Lipinski definition) is 6. The van der Waals surface area contributed by atoms with E-state index in [1.165, 1.54) is 23.5 Å². The summed E-state index contributed by atoms with van der Waals surface area (Å²) in [4.78, 5) is 21.8. The van der Waals surface area contributed by atoms with Crippen LogP contribution in [0, 0.1) is 0 Å². The van der Waals surface area contributed by atoms with E-state index in [-0.39, 0.29) is 12.5 Å². The van der Waals surface area contributed by atoms with Crippen LogP contribution in [0.15, 0.2) is 89.4 Å². The number of hydrogen-bond donors (Lipinski definition) is 2. The summed E-state index contributed by atoms with van der Waals surface area (Å²) >= 11 is 7.19. The largest absolute Gasteiger partial charge is 0.416 e. The standard InChI is InChI=1S/C28H23ClF3N5O2S2/c29-24-9-10-26(40-24)41(39)37-12-2-4-23(37)27(38)35-17-19-13-22(20-5-7-21(8-6-20)28(30,31)32)36-25(14-19)34-16-18-3-1-11-33-15-18/h1-11,13-15,23H,12,16-17H2,(H,34,36)(H,35,38). The number of pyridine rings is 2. The summed E-state index contributed by atoms with van der Waals surface area (Å²) in [5.41, 5.74) is 1.77. The van der Waals surface area contributed by atoms with Crippen LogP contribution in [0.4, 0.5) is 19.0 Å². The summed E-state index contributed by atoms with van der Waals surface area (Å²) in [5, 5.41) is 6.11. The van der Waals surface area contributed by atoms with Gasteiger partial charge in [0.25, 0.3) is 0 Å². The number of anilines is 1. The smallest absolute Gasteiger partial charge is 0.366 e. The van der Waals surface area contributed by atoms with Gasteiger partial charge >= 0.3 is 6.18 Å². The van der Waals surface area contributed by atoms with Crippen LogP contribution >= 0.6 is 22.9 Å². The van der Waals surface area contributed by atoms with Crippen molar-refractivity contribution in [2.24, 2.45) is 0 Å². The van der Waals surface area contributed by atoms with Crippen LogP contribution in [-0.2, 0) is 35.0 Å². The SMILES string of the molecule is O=C(NCc1cc(NCc2cccnc2)nc(-c2ccc(C(F)(F)F)cc2)c1)C1C=CCN1S(=O)c1ccc(Cl)s1. The van der Waals surface area contributed by atoms with Crippen LogP contribution < -0.4 is 10.6 Å². The lowest BCUT2D eigenvalue weighted by atomic mass is 10.1. The predicted octanol–water partition coefficient (Wildman–Crippen LogP) is 6.07. The van der Waals surface area contributed by atoms with Crippen molar-refractivity contribution in [2.45, 2.75) is 29.5 Å². The zero-order valence-corrected chi connectivity index (χ0v) is 23.7. The predicted molar refractivity (Wildman–Crippen MR) is 153 cm³/mol. The Morgan fingerprint density at radius 1 is 1.10 bits per heavy atom. The highest BCUT2D eigenvalue weighted by atomic mass is 35.5. The maximum Gasteiger partial charge on any atom is 0.416 e. The van der Waals surface area contributed by atoms with Crippen molar-refractivity contribution >= 4 is 45.6 Å². The van der Waals surface area contributed by atoms with E-state index in [0.29, 0.717) is 44.3 Å². The van der Waals surface area contributed by atoms with Gasteiger partial charge in [-0.2, -0.15) is 17.5 Å². The van der Waals surface area contributed by atoms with Gasteiger partial charge in [-0.1, -0.05) is 42.0 Å². The molecule has 4 aromatic rings. The average Bonchev–Trinajstić information content (AvgIpc) is 3.64. The highest BCUT2D eigenvalue weighted by molar-refractivity contribution is 7.85. The quantitative estimate of drug-likeness (QED) is 0.223. The molecule has 0 bridgehead atoms. The highest BCUT2D eigenvalue weighted by Crippen LogP contribution is 2.31. The lowest BCUT2D eigenvalue weighted by Crippen LogP contribution is -2.43. The Morgan fingerprint density at radius 2 is 1.90 bits per heavy atom. The van der Waals surface area contributed by atoms with Crippen LogP contribution in [0.25, 0.3) is 11.3 Å². The molecule has 2 atom stereocenters. The summed E-state index contributed by atoms with van der Waals surface area (Å²) in [7, 11) is -1.56. The van der Waals surface area contributed by atoms with Gasteiger partial charge in [-0.15, -0.1) is 11.3 Å². The van der Waals surface area contributed by atoms with Crippen LogP contribution in [-0.4, -0.2) is 37.0 Å². The van der Waals surface area contributed by atoms with Crippen molar-refractivity contribution < 1.29 is 22.2 Å². The summed E-state index contributed by atoms with van der Waals surface area (Å²) in [6.07, 6.45) is 2.41. The number of rotatable bonds is 9. The normalized spacial score (nSPS) is 16.0. The monoisotopic (exact) mass is 617 g/mol. The molecule has 212 valence electrons. The number of halogens is 4. The second-order valence-electron chi connectivity index (χ2n) is 9.03. The lowest BCUT2D eigenvalue weighted by molar-refractivity contribution is -0.137. The Bertz CT molecular complexity index is 1580. The topological polar surface area (TPSA) is 87.2 Å². The number of benzene rings is 1. The Labute approximate surface area is 245 Å². The van der Waals surface area contributed by atoms with Crippen molar-refractivity contribution in [3.05, 3.63) is 106 Å². The van der Waals surface area contributed by atoms with Gasteiger partial charge in [0, 0.05) is 37.6 Å². The second kappa shape index (κ2) is 12.5. The number of amides is 1. The zero-order chi connectivity index (χ0) is 29.0. The summed E-state index contributed by atoms with van der Waals surface area (Å²) in [5.74, 6) is 0.140. The molecular weight excluding hydrogens is 595 g/mol. The molecule has 4 heterocycles. The van der Waals surface area contributed by atoms with E-state index >= 15 is 0 Å². The third-order valence-electron chi connectivity index (χ3n) is 6.17. The van der Waals surface area contributed by atoms with Crippen molar-refractivity contribution in [2.75, 3.05) is 11.9 Å². The molecule has 0 saturated heterocycles. The number of nitrogens with one attached hydrogen (secondary N) is 2. The lowest BCUT2D eigenvalue weighted by Gasteiger charge is -2.21. The molecule has 7 nitrogen and oxygen atoms in total. The number of alkyl halides is 3. The molecule has 0 fully saturated rings. The molecule has 0 aliphatic carbocycles. The Morgan fingerprint density at radius 3 is 2.59 bits per heavy atom. The van der Waals surface area contributed by atoms with Crippen LogP contribution in [0.5, 0.6) is 0 Å². The van der Waals surface area contributed by atoms with Crippen LogP contribution in [0.1, 0.15) is 16.7 Å². The van der Waals surface area contributed by atoms with Gasteiger partial charge in [-0.25, -0.2) is 9.19 Å². The van der Waals surface area contributed by atoms with Gasteiger partial charge in [-0.05, 0) is 53.6 Å². The van der Waals surface area contributed by atoms with E-state index < -0.39 is 28.8 Å². The molecule has 1 amide bonds. The van der Waals surface area contributed by atoms with Crippen LogP contribution in [0.2, 0.25) is 4.34 Å². The van der Waals surface area contributed by atoms with Crippen molar-refractivity contribution in [3.63, 3.8) is 0 Å². The summed E-state index contributed by atoms with van der Waals surface area (Å²) in [6.45, 7) is 0.881. The molecule has 0 spiro atoms. The van der Waals surface area contributed by atoms with Crippen molar-refractivity contribution in [1.29, 1.82) is 0 Å². The Balaban J connectivity index is 1.34. The molecule has 1 aliphatic heterocycles. The average molecular weight is 618 g/mol. The van der Waals surface area contributed by atoms with E-state index in [9.17, 15) is 22.2 Å². The number of nitrogens with zero attached hydrogens (tertiary/aromatic N) is 3. The maximum atomic E-state index is 13.1. The maximum absolute atomic E-state index is 13.1. The molecule has 2 unspecified atom stereocenters. The minimum Gasteiger partial charge on any atom is -0.366 e. The van der Waals surface area contributed by atoms with E-state index in [1.807, 2.05) is 12.1 Å². The molecule has 13 heteroatoms. The first-order valence-electron chi connectivity index (χ1n) is 12.4. The highest BCUT2D eigenvalue weighted by Gasteiger charge is 2.32. The molecule has 0 saturated carbocycles. The molecule has 2 N–H and O–H groups in total. The van der Waals surface area contributed by atoms with E-state index in [2.05, 4.69) is 20.6 Å². The van der Waals surface area contributed by atoms with Gasteiger partial charge < -0.3 is 10.6 Å². The first-order chi connectivity index (χ1) is 19.7. The van der Waals surface area contributed by atoms with E-state index in [0.717, 1.165) is 17.7 Å². The van der Waals surface area contributed by atoms with Gasteiger partial charge in [0.2, 0.25) is 5.91 Å². The first kappa shape index (κ1) is 28.9. The first-order valence-corrected chi connectivity index (χ1v) is 14.7. The number of aromatic nitrogens is 2. The zero-order valence-electron chi connectivity index (χ0n) is 21.3. The second-order valence-corrected chi connectivity index (χ2v) is 12.4. The third kappa shape index (κ3) is 7.20. The van der Waals surface area contributed by atoms with Gasteiger partial charge in [0.1, 0.15) is 27.1 Å². The fraction of sp³-hybridized carbons (Fsp3) is 0.179. The molecule has 1 aromatic carbocycles. The fourth-order valence-corrected chi connectivity index (χ4v) is 6.91. The van der Waals surface area contributed by atoms with Crippen molar-refractivity contribution in [3.8, 4) is 11.3 Å². The Kier molecular flexibility index (Phi) is 8.83. The minimum atomic E-state index is -4.45. The van der Waals surface area contributed by atoms with Crippen molar-refractivity contribution in [1.82, 2.24) is 19.6 Å². The molecular formula is C28H23ClF3N5O2S2. The van der Waals surface area contributed by atoms with E-state index in [4.69, 9.17) is 11.6 Å². The van der Waals surface area contributed by atoms with E-state index in [1.54, 1.807) is 53.1 Å². The molecule has 5 rings (SSSR count). The van der Waals surface area contributed by atoms with Gasteiger partial charge in [0.05, 0.1) is 15.6 Å². The number of carbonyl (C=O) groups is 1. The summed E-state index contributed by atoms with van der Waals surface area (Å²) in [6, 6.07) is 14.5. The molecule has 0 radical (unpaired) electrons. The number of carbonyl (C=O) groups excluding carboxylic acids is 1. The van der Waals surface area contributed by atoms with Crippen LogP contribution in [0.3, 0.4) is 0 Å². The van der Waals surface area contributed by atoms with Gasteiger partial charge in [0.15, 0.2) is 0 Å². The number of thiophene rings is 1. The third-order valence-corrected chi connectivity index (χ3v) is 9.16. The molecule has 1 aliphatic rings. The summed E-state index contributed by atoms with van der Waals surface area (Å²) < 4.78 is 54.9. The molecule has 41 heavy (non-hydrogen) atoms. The molecule has 3 aromatic heterocycles. The van der Waals surface area contributed by atoms with Gasteiger partial charge in [-0.3, -0.25) is 9.78 Å². The minimum absolute atomic E-state index is 0.117. The Hall–Kier alpha value is -3.58. The fourth-order valence-electron chi connectivity index (χ4n) is 4.15.